The number of aryl methyl sites for hydroxylation is 1. The summed E-state index contributed by atoms with van der Waals surface area (Å²) in [5.41, 5.74) is 2.44. The summed E-state index contributed by atoms with van der Waals surface area (Å²) in [5, 5.41) is 14.1. The number of piperidine rings is 1. The average Bonchev–Trinajstić information content (AvgIpc) is 2.68. The predicted octanol–water partition coefficient (Wildman–Crippen LogP) is 4.15. The Morgan fingerprint density at radius 1 is 1.15 bits per heavy atom. The third-order valence-electron chi connectivity index (χ3n) is 4.74. The molecule has 1 aliphatic rings. The number of hydrogen-bond acceptors (Lipinski definition) is 5. The SMILES string of the molecule is COc1ccc(C)cc1NC(=O)c1cc([N+](=O)[O-])ccc1N1CCCCC1. The number of nitrogens with one attached hydrogen (secondary N) is 1. The number of hydrogen-bond donors (Lipinski definition) is 1. The lowest BCUT2D eigenvalue weighted by Crippen LogP contribution is -2.31. The molecule has 1 N–H and O–H groups in total. The number of ether oxygens (including phenoxy) is 1. The number of carbonyl (C=O) groups is 1. The molecular weight excluding hydrogens is 346 g/mol. The number of nitrogens with zero attached hydrogens (tertiary/aromatic N) is 2. The Kier molecular flexibility index (Phi) is 5.59. The molecule has 0 bridgehead atoms. The average molecular weight is 369 g/mol. The van der Waals surface area contributed by atoms with Crippen LogP contribution in [0.5, 0.6) is 5.75 Å². The molecule has 1 saturated heterocycles. The lowest BCUT2D eigenvalue weighted by molar-refractivity contribution is -0.384. The van der Waals surface area contributed by atoms with Gasteiger partial charge in [0, 0.05) is 25.2 Å². The van der Waals surface area contributed by atoms with E-state index in [1.54, 1.807) is 12.1 Å². The highest BCUT2D eigenvalue weighted by Gasteiger charge is 2.22. The van der Waals surface area contributed by atoms with E-state index in [2.05, 4.69) is 10.2 Å². The van der Waals surface area contributed by atoms with Crippen molar-refractivity contribution in [2.45, 2.75) is 26.2 Å². The quantitative estimate of drug-likeness (QED) is 0.632. The molecule has 0 atom stereocenters. The van der Waals surface area contributed by atoms with E-state index in [0.717, 1.165) is 43.6 Å². The summed E-state index contributed by atoms with van der Waals surface area (Å²) in [4.78, 5) is 25.9. The summed E-state index contributed by atoms with van der Waals surface area (Å²) < 4.78 is 5.31. The van der Waals surface area contributed by atoms with E-state index in [0.29, 0.717) is 17.0 Å². The fourth-order valence-corrected chi connectivity index (χ4v) is 3.34. The van der Waals surface area contributed by atoms with Crippen LogP contribution in [0.4, 0.5) is 17.1 Å². The standard InChI is InChI=1S/C20H23N3O4/c1-14-6-9-19(27-2)17(12-14)21-20(24)16-13-15(23(25)26)7-8-18(16)22-10-4-3-5-11-22/h6-9,12-13H,3-5,10-11H2,1-2H3,(H,21,24). The Bertz CT molecular complexity index is 860. The first-order valence-corrected chi connectivity index (χ1v) is 8.99. The number of nitro groups is 1. The highest BCUT2D eigenvalue weighted by Crippen LogP contribution is 2.31. The van der Waals surface area contributed by atoms with Gasteiger partial charge in [-0.05, 0) is 49.9 Å². The molecule has 142 valence electrons. The summed E-state index contributed by atoms with van der Waals surface area (Å²) in [6.45, 7) is 3.60. The van der Waals surface area contributed by atoms with Gasteiger partial charge in [0.15, 0.2) is 0 Å². The van der Waals surface area contributed by atoms with Crippen LogP contribution in [0.1, 0.15) is 35.2 Å². The van der Waals surface area contributed by atoms with Gasteiger partial charge in [-0.15, -0.1) is 0 Å². The van der Waals surface area contributed by atoms with Gasteiger partial charge in [0.1, 0.15) is 5.75 Å². The lowest BCUT2D eigenvalue weighted by atomic mass is 10.1. The van der Waals surface area contributed by atoms with Gasteiger partial charge in [-0.3, -0.25) is 14.9 Å². The second kappa shape index (κ2) is 8.07. The normalized spacial score (nSPS) is 13.9. The fraction of sp³-hybridized carbons (Fsp3) is 0.350. The van der Waals surface area contributed by atoms with E-state index in [9.17, 15) is 14.9 Å². The van der Waals surface area contributed by atoms with Gasteiger partial charge in [0.25, 0.3) is 11.6 Å². The highest BCUT2D eigenvalue weighted by molar-refractivity contribution is 6.09. The molecule has 27 heavy (non-hydrogen) atoms. The summed E-state index contributed by atoms with van der Waals surface area (Å²) in [6, 6.07) is 9.96. The molecule has 0 unspecified atom stereocenters. The zero-order valence-corrected chi connectivity index (χ0v) is 15.5. The van der Waals surface area contributed by atoms with Crippen LogP contribution in [0.3, 0.4) is 0 Å². The second-order valence-electron chi connectivity index (χ2n) is 6.66. The molecule has 2 aromatic rings. The maximum absolute atomic E-state index is 13.0. The predicted molar refractivity (Wildman–Crippen MR) is 105 cm³/mol. The first-order chi connectivity index (χ1) is 13.0. The Balaban J connectivity index is 1.97. The third kappa shape index (κ3) is 4.19. The fourth-order valence-electron chi connectivity index (χ4n) is 3.34. The van der Waals surface area contributed by atoms with Crippen LogP contribution < -0.4 is 15.0 Å². The number of methoxy groups -OCH3 is 1. The molecular formula is C20H23N3O4. The zero-order chi connectivity index (χ0) is 19.4. The number of carbonyl (C=O) groups excluding carboxylic acids is 1. The maximum atomic E-state index is 13.0. The molecule has 2 aromatic carbocycles. The number of non-ortho nitro benzene ring substituents is 1. The van der Waals surface area contributed by atoms with Gasteiger partial charge >= 0.3 is 0 Å². The smallest absolute Gasteiger partial charge is 0.270 e. The third-order valence-corrected chi connectivity index (χ3v) is 4.74. The summed E-state index contributed by atoms with van der Waals surface area (Å²) >= 11 is 0. The van der Waals surface area contributed by atoms with E-state index in [-0.39, 0.29) is 11.6 Å². The van der Waals surface area contributed by atoms with Crippen molar-refractivity contribution in [3.05, 3.63) is 57.6 Å². The molecule has 7 nitrogen and oxygen atoms in total. The second-order valence-corrected chi connectivity index (χ2v) is 6.66. The van der Waals surface area contributed by atoms with E-state index < -0.39 is 4.92 Å². The van der Waals surface area contributed by atoms with E-state index in [4.69, 9.17) is 4.74 Å². The molecule has 1 heterocycles. The Morgan fingerprint density at radius 2 is 1.89 bits per heavy atom. The van der Waals surface area contributed by atoms with Crippen LogP contribution >= 0.6 is 0 Å². The minimum atomic E-state index is -0.482. The molecule has 1 amide bonds. The summed E-state index contributed by atoms with van der Waals surface area (Å²) in [5.74, 6) is 0.155. The van der Waals surface area contributed by atoms with Crippen LogP contribution in [0.2, 0.25) is 0 Å². The van der Waals surface area contributed by atoms with E-state index in [1.165, 1.54) is 19.2 Å². The van der Waals surface area contributed by atoms with Gasteiger partial charge in [-0.25, -0.2) is 0 Å². The molecule has 1 fully saturated rings. The number of rotatable bonds is 5. The number of anilines is 2. The summed E-state index contributed by atoms with van der Waals surface area (Å²) in [7, 11) is 1.53. The van der Waals surface area contributed by atoms with Crippen LogP contribution in [-0.4, -0.2) is 31.0 Å². The lowest BCUT2D eigenvalue weighted by Gasteiger charge is -2.30. The Labute approximate surface area is 158 Å². The Hall–Kier alpha value is -3.09. The number of benzene rings is 2. The molecule has 3 rings (SSSR count). The minimum absolute atomic E-state index is 0.0999. The topological polar surface area (TPSA) is 84.7 Å². The molecule has 7 heteroatoms. The van der Waals surface area contributed by atoms with Crippen molar-refractivity contribution in [1.29, 1.82) is 0 Å². The van der Waals surface area contributed by atoms with Crippen molar-refractivity contribution >= 4 is 23.0 Å². The van der Waals surface area contributed by atoms with Crippen molar-refractivity contribution in [3.8, 4) is 5.75 Å². The summed E-state index contributed by atoms with van der Waals surface area (Å²) in [6.07, 6.45) is 3.25. The van der Waals surface area contributed by atoms with Gasteiger partial charge in [-0.1, -0.05) is 6.07 Å². The van der Waals surface area contributed by atoms with Crippen molar-refractivity contribution in [1.82, 2.24) is 0 Å². The highest BCUT2D eigenvalue weighted by atomic mass is 16.6. The van der Waals surface area contributed by atoms with Gasteiger partial charge in [0.05, 0.1) is 29.0 Å². The molecule has 0 saturated carbocycles. The van der Waals surface area contributed by atoms with Gasteiger partial charge in [0.2, 0.25) is 0 Å². The molecule has 0 radical (unpaired) electrons. The van der Waals surface area contributed by atoms with Crippen molar-refractivity contribution in [3.63, 3.8) is 0 Å². The van der Waals surface area contributed by atoms with Crippen LogP contribution in [0.25, 0.3) is 0 Å². The number of amides is 1. The minimum Gasteiger partial charge on any atom is -0.495 e. The molecule has 0 aliphatic carbocycles. The van der Waals surface area contributed by atoms with E-state index in [1.807, 2.05) is 19.1 Å². The largest absolute Gasteiger partial charge is 0.495 e. The number of nitro benzene ring substituents is 1. The first kappa shape index (κ1) is 18.7. The van der Waals surface area contributed by atoms with Crippen LogP contribution in [0.15, 0.2) is 36.4 Å². The monoisotopic (exact) mass is 369 g/mol. The van der Waals surface area contributed by atoms with E-state index >= 15 is 0 Å². The van der Waals surface area contributed by atoms with Crippen molar-refractivity contribution < 1.29 is 14.5 Å². The molecule has 0 aromatic heterocycles. The van der Waals surface area contributed by atoms with Crippen LogP contribution in [-0.2, 0) is 0 Å². The van der Waals surface area contributed by atoms with Gasteiger partial charge in [-0.2, -0.15) is 0 Å². The zero-order valence-electron chi connectivity index (χ0n) is 15.5. The van der Waals surface area contributed by atoms with Gasteiger partial charge < -0.3 is 15.0 Å². The molecule has 0 spiro atoms. The first-order valence-electron chi connectivity index (χ1n) is 8.99. The van der Waals surface area contributed by atoms with Crippen molar-refractivity contribution in [2.75, 3.05) is 30.4 Å². The molecule has 1 aliphatic heterocycles. The Morgan fingerprint density at radius 3 is 2.56 bits per heavy atom. The van der Waals surface area contributed by atoms with Crippen LogP contribution in [0, 0.1) is 17.0 Å². The van der Waals surface area contributed by atoms with Crippen molar-refractivity contribution in [2.24, 2.45) is 0 Å². The maximum Gasteiger partial charge on any atom is 0.270 e.